The molecule has 0 aromatic rings. The van der Waals surface area contributed by atoms with Crippen LogP contribution in [0.5, 0.6) is 0 Å². The summed E-state index contributed by atoms with van der Waals surface area (Å²) in [7, 11) is 0. The zero-order chi connectivity index (χ0) is 9.61. The lowest BCUT2D eigenvalue weighted by Gasteiger charge is -2.16. The zero-order valence-electron chi connectivity index (χ0n) is 7.15. The maximum absolute atomic E-state index is 5.26. The Labute approximate surface area is 88.1 Å². The van der Waals surface area contributed by atoms with Crippen LogP contribution in [0.4, 0.5) is 0 Å². The molecule has 0 aromatic carbocycles. The topological polar surface area (TPSA) is 18.5 Å². The lowest BCUT2D eigenvalue weighted by atomic mass is 10.8. The summed E-state index contributed by atoms with van der Waals surface area (Å²) >= 11 is 10.8. The van der Waals surface area contributed by atoms with Gasteiger partial charge in [-0.25, -0.2) is 0 Å². The van der Waals surface area contributed by atoms with Crippen molar-refractivity contribution >= 4 is 40.1 Å². The SMILES string of the molecule is C=C(OCC)OP(=S)(S)SCC. The minimum absolute atomic E-state index is 0.275. The second-order valence-corrected chi connectivity index (χ2v) is 11.6. The van der Waals surface area contributed by atoms with Crippen LogP contribution in [-0.2, 0) is 21.1 Å². The summed E-state index contributed by atoms with van der Waals surface area (Å²) in [6, 6.07) is 0. The van der Waals surface area contributed by atoms with Crippen molar-refractivity contribution in [1.29, 1.82) is 0 Å². The van der Waals surface area contributed by atoms with E-state index in [4.69, 9.17) is 21.1 Å². The highest BCUT2D eigenvalue weighted by Crippen LogP contribution is 2.65. The summed E-state index contributed by atoms with van der Waals surface area (Å²) in [5.74, 6) is 1.16. The molecule has 1 atom stereocenters. The first-order valence-electron chi connectivity index (χ1n) is 3.50. The molecule has 72 valence electrons. The molecule has 6 heteroatoms. The first kappa shape index (κ1) is 12.7. The van der Waals surface area contributed by atoms with Gasteiger partial charge in [-0.15, -0.1) is 0 Å². The standard InChI is InChI=1S/C6H13O2PS3/c1-4-7-6(3)8-9(10,11)12-5-2/h3-5H2,1-2H3,(H,10,11). The van der Waals surface area contributed by atoms with Crippen LogP contribution in [0.25, 0.3) is 0 Å². The maximum atomic E-state index is 5.26. The van der Waals surface area contributed by atoms with E-state index >= 15 is 0 Å². The van der Waals surface area contributed by atoms with Crippen molar-refractivity contribution in [2.45, 2.75) is 13.8 Å². The number of ether oxygens (including phenoxy) is 1. The molecular weight excluding hydrogens is 231 g/mol. The van der Waals surface area contributed by atoms with Crippen LogP contribution in [0, 0.1) is 0 Å². The van der Waals surface area contributed by atoms with Gasteiger partial charge in [0.2, 0.25) is 4.67 Å². The first-order chi connectivity index (χ1) is 5.52. The highest BCUT2D eigenvalue weighted by molar-refractivity contribution is 8.95. The fourth-order valence-corrected chi connectivity index (χ4v) is 5.09. The Kier molecular flexibility index (Phi) is 6.55. The van der Waals surface area contributed by atoms with E-state index in [1.165, 1.54) is 11.4 Å². The largest absolute Gasteiger partial charge is 0.466 e. The molecule has 0 aliphatic heterocycles. The molecule has 0 radical (unpaired) electrons. The van der Waals surface area contributed by atoms with Crippen molar-refractivity contribution in [2.24, 2.45) is 0 Å². The maximum Gasteiger partial charge on any atom is 0.276 e. The van der Waals surface area contributed by atoms with E-state index in [1.807, 2.05) is 13.8 Å². The van der Waals surface area contributed by atoms with Crippen molar-refractivity contribution in [3.63, 3.8) is 0 Å². The molecule has 0 aliphatic carbocycles. The summed E-state index contributed by atoms with van der Waals surface area (Å²) < 4.78 is 8.20. The van der Waals surface area contributed by atoms with Gasteiger partial charge in [0.25, 0.3) is 5.95 Å². The smallest absolute Gasteiger partial charge is 0.276 e. The third-order valence-corrected chi connectivity index (χ3v) is 6.27. The van der Waals surface area contributed by atoms with Crippen LogP contribution in [0.2, 0.25) is 0 Å². The van der Waals surface area contributed by atoms with Crippen molar-refractivity contribution in [1.82, 2.24) is 0 Å². The summed E-state index contributed by atoms with van der Waals surface area (Å²) in [6.45, 7) is 7.98. The molecule has 0 aliphatic rings. The van der Waals surface area contributed by atoms with Gasteiger partial charge in [-0.3, -0.25) is 0 Å². The molecule has 0 rings (SSSR count). The van der Waals surface area contributed by atoms with Crippen LogP contribution in [-0.4, -0.2) is 12.4 Å². The third-order valence-electron chi connectivity index (χ3n) is 0.815. The normalized spacial score (nSPS) is 14.9. The monoisotopic (exact) mass is 244 g/mol. The summed E-state index contributed by atoms with van der Waals surface area (Å²) in [5.41, 5.74) is 0. The van der Waals surface area contributed by atoms with E-state index in [0.29, 0.717) is 6.61 Å². The van der Waals surface area contributed by atoms with Gasteiger partial charge in [0.05, 0.1) is 6.61 Å². The van der Waals surface area contributed by atoms with Gasteiger partial charge in [-0.1, -0.05) is 30.6 Å². The molecule has 0 aromatic heterocycles. The summed E-state index contributed by atoms with van der Waals surface area (Å²) in [4.78, 5) is 0. The second kappa shape index (κ2) is 6.19. The molecule has 0 bridgehead atoms. The fourth-order valence-electron chi connectivity index (χ4n) is 0.506. The van der Waals surface area contributed by atoms with Gasteiger partial charge in [0.1, 0.15) is 0 Å². The van der Waals surface area contributed by atoms with E-state index in [-0.39, 0.29) is 5.95 Å². The van der Waals surface area contributed by atoms with Crippen LogP contribution in [0.15, 0.2) is 12.5 Å². The van der Waals surface area contributed by atoms with Gasteiger partial charge < -0.3 is 9.26 Å². The van der Waals surface area contributed by atoms with Gasteiger partial charge in [-0.2, -0.15) is 0 Å². The highest BCUT2D eigenvalue weighted by Gasteiger charge is 2.14. The molecule has 0 saturated heterocycles. The first-order valence-corrected chi connectivity index (χ1v) is 8.96. The molecule has 0 heterocycles. The van der Waals surface area contributed by atoms with Crippen molar-refractivity contribution in [2.75, 3.05) is 12.4 Å². The van der Waals surface area contributed by atoms with Gasteiger partial charge >= 0.3 is 0 Å². The molecular formula is C6H13O2PS3. The third kappa shape index (κ3) is 6.23. The van der Waals surface area contributed by atoms with Gasteiger partial charge in [0, 0.05) is 0 Å². The molecule has 1 unspecified atom stereocenters. The lowest BCUT2D eigenvalue weighted by Crippen LogP contribution is -1.91. The Morgan fingerprint density at radius 1 is 1.67 bits per heavy atom. The minimum Gasteiger partial charge on any atom is -0.466 e. The van der Waals surface area contributed by atoms with Gasteiger partial charge in [-0.05, 0) is 31.1 Å². The molecule has 0 saturated carbocycles. The Bertz CT molecular complexity index is 195. The highest BCUT2D eigenvalue weighted by atomic mass is 33.2. The quantitative estimate of drug-likeness (QED) is 0.438. The average Bonchev–Trinajstić information content (AvgIpc) is 1.85. The van der Waals surface area contributed by atoms with E-state index in [0.717, 1.165) is 5.75 Å². The summed E-state index contributed by atoms with van der Waals surface area (Å²) in [6.07, 6.45) is 0. The molecule has 0 N–H and O–H groups in total. The number of thiol groups is 1. The van der Waals surface area contributed by atoms with E-state index in [2.05, 4.69) is 18.8 Å². The zero-order valence-corrected chi connectivity index (χ0v) is 10.6. The number of rotatable bonds is 6. The van der Waals surface area contributed by atoms with Gasteiger partial charge in [0.15, 0.2) is 0 Å². The van der Waals surface area contributed by atoms with E-state index in [1.54, 1.807) is 0 Å². The van der Waals surface area contributed by atoms with E-state index in [9.17, 15) is 0 Å². The average molecular weight is 244 g/mol. The van der Waals surface area contributed by atoms with Crippen LogP contribution in [0.3, 0.4) is 0 Å². The predicted octanol–water partition coefficient (Wildman–Crippen LogP) is 3.42. The Morgan fingerprint density at radius 2 is 2.25 bits per heavy atom. The molecule has 0 fully saturated rings. The minimum atomic E-state index is -2.06. The number of hydrogen-bond donors (Lipinski definition) is 1. The van der Waals surface area contributed by atoms with Crippen LogP contribution >= 0.6 is 28.3 Å². The molecule has 2 nitrogen and oxygen atoms in total. The van der Waals surface area contributed by atoms with Crippen molar-refractivity contribution < 1.29 is 9.26 Å². The van der Waals surface area contributed by atoms with Crippen LogP contribution in [0.1, 0.15) is 13.8 Å². The number of hydrogen-bond acceptors (Lipinski definition) is 4. The Morgan fingerprint density at radius 3 is 2.67 bits per heavy atom. The molecule has 0 spiro atoms. The van der Waals surface area contributed by atoms with Crippen molar-refractivity contribution in [3.8, 4) is 0 Å². The van der Waals surface area contributed by atoms with Crippen molar-refractivity contribution in [3.05, 3.63) is 12.5 Å². The molecule has 0 amide bonds. The Balaban J connectivity index is 3.88. The lowest BCUT2D eigenvalue weighted by molar-refractivity contribution is 0.129. The summed E-state index contributed by atoms with van der Waals surface area (Å²) in [5, 5.41) is 0. The predicted molar refractivity (Wildman–Crippen MR) is 63.3 cm³/mol. The second-order valence-electron chi connectivity index (χ2n) is 1.78. The molecule has 12 heavy (non-hydrogen) atoms. The Hall–Kier alpha value is 0.690. The van der Waals surface area contributed by atoms with E-state index < -0.39 is 4.67 Å². The fraction of sp³-hybridized carbons (Fsp3) is 0.667. The van der Waals surface area contributed by atoms with Crippen LogP contribution < -0.4 is 0 Å².